The van der Waals surface area contributed by atoms with Crippen molar-refractivity contribution in [3.8, 4) is 0 Å². The van der Waals surface area contributed by atoms with Crippen LogP contribution in [-0.2, 0) is 0 Å². The second-order valence-corrected chi connectivity index (χ2v) is 5.40. The molecular weight excluding hydrogens is 253 g/mol. The van der Waals surface area contributed by atoms with Crippen LogP contribution in [0.4, 0.5) is 10.1 Å². The van der Waals surface area contributed by atoms with Gasteiger partial charge in [-0.15, -0.1) is 0 Å². The molecular formula is C16H26FN3. The lowest BCUT2D eigenvalue weighted by Crippen LogP contribution is -2.38. The Morgan fingerprint density at radius 1 is 1.25 bits per heavy atom. The second-order valence-electron chi connectivity index (χ2n) is 5.40. The first-order valence-corrected chi connectivity index (χ1v) is 7.68. The molecule has 20 heavy (non-hydrogen) atoms. The fourth-order valence-electron chi connectivity index (χ4n) is 2.98. The minimum absolute atomic E-state index is 0.183. The highest BCUT2D eigenvalue weighted by Crippen LogP contribution is 2.15. The van der Waals surface area contributed by atoms with E-state index in [1.54, 1.807) is 12.1 Å². The van der Waals surface area contributed by atoms with Crippen molar-refractivity contribution in [3.63, 3.8) is 0 Å². The van der Waals surface area contributed by atoms with Crippen LogP contribution in [-0.4, -0.2) is 55.1 Å². The summed E-state index contributed by atoms with van der Waals surface area (Å²) in [4.78, 5) is 5.06. The summed E-state index contributed by atoms with van der Waals surface area (Å²) in [5.41, 5.74) is 0.992. The van der Waals surface area contributed by atoms with Crippen molar-refractivity contribution in [2.75, 3.05) is 44.6 Å². The zero-order valence-corrected chi connectivity index (χ0v) is 12.6. The molecule has 1 aliphatic rings. The molecule has 1 atom stereocenters. The molecule has 0 saturated carbocycles. The van der Waals surface area contributed by atoms with Crippen molar-refractivity contribution in [3.05, 3.63) is 30.1 Å². The van der Waals surface area contributed by atoms with E-state index in [-0.39, 0.29) is 5.82 Å². The van der Waals surface area contributed by atoms with Crippen LogP contribution in [0.15, 0.2) is 24.3 Å². The molecule has 1 aromatic rings. The van der Waals surface area contributed by atoms with Gasteiger partial charge in [0, 0.05) is 31.4 Å². The summed E-state index contributed by atoms with van der Waals surface area (Å²) in [5.74, 6) is -0.183. The standard InChI is InChI=1S/C16H26FN3/c1-3-20(4-2)16-9-11-19(13-16)12-10-18-15-7-5-14(17)6-8-15/h5-8,16,18H,3-4,9-13H2,1-2H3. The van der Waals surface area contributed by atoms with Gasteiger partial charge in [0.1, 0.15) is 5.82 Å². The first-order valence-electron chi connectivity index (χ1n) is 7.68. The molecule has 3 nitrogen and oxygen atoms in total. The molecule has 0 spiro atoms. The monoisotopic (exact) mass is 279 g/mol. The minimum Gasteiger partial charge on any atom is -0.384 e. The van der Waals surface area contributed by atoms with Gasteiger partial charge in [-0.3, -0.25) is 9.80 Å². The summed E-state index contributed by atoms with van der Waals surface area (Å²) in [6, 6.07) is 7.29. The predicted octanol–water partition coefficient (Wildman–Crippen LogP) is 2.65. The topological polar surface area (TPSA) is 18.5 Å². The van der Waals surface area contributed by atoms with E-state index in [1.807, 2.05) is 0 Å². The number of likely N-dealkylation sites (tertiary alicyclic amines) is 1. The van der Waals surface area contributed by atoms with Crippen molar-refractivity contribution in [1.29, 1.82) is 0 Å². The number of rotatable bonds is 7. The Kier molecular flexibility index (Phi) is 5.80. The lowest BCUT2D eigenvalue weighted by Gasteiger charge is -2.26. The van der Waals surface area contributed by atoms with Crippen LogP contribution in [0.5, 0.6) is 0 Å². The third-order valence-electron chi connectivity index (χ3n) is 4.18. The van der Waals surface area contributed by atoms with Crippen LogP contribution in [0.25, 0.3) is 0 Å². The summed E-state index contributed by atoms with van der Waals surface area (Å²) in [6.07, 6.45) is 1.28. The Hall–Kier alpha value is -1.13. The van der Waals surface area contributed by atoms with Crippen molar-refractivity contribution >= 4 is 5.69 Å². The van der Waals surface area contributed by atoms with Crippen LogP contribution >= 0.6 is 0 Å². The molecule has 4 heteroatoms. The van der Waals surface area contributed by atoms with Crippen molar-refractivity contribution < 1.29 is 4.39 Å². The van der Waals surface area contributed by atoms with Crippen LogP contribution < -0.4 is 5.32 Å². The Morgan fingerprint density at radius 3 is 2.60 bits per heavy atom. The van der Waals surface area contributed by atoms with Gasteiger partial charge in [-0.1, -0.05) is 13.8 Å². The summed E-state index contributed by atoms with van der Waals surface area (Å²) in [6.45, 7) is 11.1. The van der Waals surface area contributed by atoms with E-state index in [4.69, 9.17) is 0 Å². The number of nitrogens with zero attached hydrogens (tertiary/aromatic N) is 2. The van der Waals surface area contributed by atoms with Crippen molar-refractivity contribution in [1.82, 2.24) is 9.80 Å². The average Bonchev–Trinajstić information content (AvgIpc) is 2.91. The van der Waals surface area contributed by atoms with Gasteiger partial charge in [0.2, 0.25) is 0 Å². The first-order chi connectivity index (χ1) is 9.72. The maximum absolute atomic E-state index is 12.8. The van der Waals surface area contributed by atoms with Gasteiger partial charge in [-0.25, -0.2) is 4.39 Å². The smallest absolute Gasteiger partial charge is 0.123 e. The third-order valence-corrected chi connectivity index (χ3v) is 4.18. The van der Waals surface area contributed by atoms with Crippen LogP contribution in [0.3, 0.4) is 0 Å². The van der Waals surface area contributed by atoms with E-state index in [1.165, 1.54) is 31.6 Å². The number of anilines is 1. The summed E-state index contributed by atoms with van der Waals surface area (Å²) in [5, 5.41) is 3.35. The third kappa shape index (κ3) is 4.18. The summed E-state index contributed by atoms with van der Waals surface area (Å²) in [7, 11) is 0. The van der Waals surface area contributed by atoms with Crippen LogP contribution in [0.1, 0.15) is 20.3 Å². The normalized spacial score (nSPS) is 19.7. The fourth-order valence-corrected chi connectivity index (χ4v) is 2.98. The molecule has 1 unspecified atom stereocenters. The zero-order chi connectivity index (χ0) is 14.4. The van der Waals surface area contributed by atoms with Crippen LogP contribution in [0, 0.1) is 5.82 Å². The van der Waals surface area contributed by atoms with Crippen molar-refractivity contribution in [2.24, 2.45) is 0 Å². The Morgan fingerprint density at radius 2 is 1.95 bits per heavy atom. The molecule has 0 amide bonds. The van der Waals surface area contributed by atoms with Gasteiger partial charge < -0.3 is 5.32 Å². The van der Waals surface area contributed by atoms with Crippen LogP contribution in [0.2, 0.25) is 0 Å². The molecule has 1 heterocycles. The molecule has 0 aliphatic carbocycles. The highest BCUT2D eigenvalue weighted by atomic mass is 19.1. The largest absolute Gasteiger partial charge is 0.384 e. The second kappa shape index (κ2) is 7.60. The van der Waals surface area contributed by atoms with Gasteiger partial charge in [0.05, 0.1) is 0 Å². The van der Waals surface area contributed by atoms with E-state index in [2.05, 4.69) is 29.0 Å². The van der Waals surface area contributed by atoms with Gasteiger partial charge >= 0.3 is 0 Å². The zero-order valence-electron chi connectivity index (χ0n) is 12.6. The minimum atomic E-state index is -0.183. The van der Waals surface area contributed by atoms with E-state index in [0.29, 0.717) is 0 Å². The molecule has 1 fully saturated rings. The number of halogens is 1. The lowest BCUT2D eigenvalue weighted by atomic mass is 10.2. The Balaban J connectivity index is 1.69. The van der Waals surface area contributed by atoms with E-state index in [9.17, 15) is 4.39 Å². The van der Waals surface area contributed by atoms with Crippen molar-refractivity contribution in [2.45, 2.75) is 26.3 Å². The van der Waals surface area contributed by atoms with E-state index < -0.39 is 0 Å². The summed E-state index contributed by atoms with van der Waals surface area (Å²) < 4.78 is 12.8. The molecule has 2 rings (SSSR count). The number of likely N-dealkylation sites (N-methyl/N-ethyl adjacent to an activating group) is 1. The lowest BCUT2D eigenvalue weighted by molar-refractivity contribution is 0.212. The molecule has 0 radical (unpaired) electrons. The number of nitrogens with one attached hydrogen (secondary N) is 1. The van der Waals surface area contributed by atoms with E-state index >= 15 is 0 Å². The maximum Gasteiger partial charge on any atom is 0.123 e. The molecule has 0 aromatic heterocycles. The highest BCUT2D eigenvalue weighted by molar-refractivity contribution is 5.42. The molecule has 0 bridgehead atoms. The summed E-state index contributed by atoms with van der Waals surface area (Å²) >= 11 is 0. The first kappa shape index (κ1) is 15.3. The number of hydrogen-bond acceptors (Lipinski definition) is 3. The predicted molar refractivity (Wildman–Crippen MR) is 82.7 cm³/mol. The fraction of sp³-hybridized carbons (Fsp3) is 0.625. The van der Waals surface area contributed by atoms with Gasteiger partial charge in [-0.2, -0.15) is 0 Å². The highest BCUT2D eigenvalue weighted by Gasteiger charge is 2.25. The van der Waals surface area contributed by atoms with Gasteiger partial charge in [0.25, 0.3) is 0 Å². The molecule has 112 valence electrons. The molecule has 1 aromatic carbocycles. The average molecular weight is 279 g/mol. The van der Waals surface area contributed by atoms with Gasteiger partial charge in [-0.05, 0) is 50.3 Å². The molecule has 1 N–H and O–H groups in total. The molecule has 1 aliphatic heterocycles. The van der Waals surface area contributed by atoms with E-state index in [0.717, 1.165) is 37.9 Å². The quantitative estimate of drug-likeness (QED) is 0.828. The number of hydrogen-bond donors (Lipinski definition) is 1. The Labute approximate surface area is 121 Å². The SMILES string of the molecule is CCN(CC)C1CCN(CCNc2ccc(F)cc2)C1. The van der Waals surface area contributed by atoms with Gasteiger partial charge in [0.15, 0.2) is 0 Å². The number of benzene rings is 1. The molecule has 1 saturated heterocycles. The maximum atomic E-state index is 12.8. The Bertz CT molecular complexity index is 389.